The molecule has 0 heterocycles. The second kappa shape index (κ2) is 6.29. The Morgan fingerprint density at radius 2 is 1.59 bits per heavy atom. The summed E-state index contributed by atoms with van der Waals surface area (Å²) in [5.74, 6) is 0. The molecule has 0 aromatic heterocycles. The number of sulfonamides is 2. The molecule has 1 N–H and O–H groups in total. The SMILES string of the molecule is CCc1cc(C(C)(C)C)cc(S(=O)(=O)NS(=O)(=O)C(C)C)c1. The predicted octanol–water partition coefficient (Wildman–Crippen LogP) is 2.56. The normalized spacial score (nSPS) is 13.6. The van der Waals surface area contributed by atoms with Gasteiger partial charge in [0.15, 0.2) is 0 Å². The lowest BCUT2D eigenvalue weighted by Crippen LogP contribution is -2.36. The van der Waals surface area contributed by atoms with Crippen LogP contribution in [0, 0.1) is 0 Å². The summed E-state index contributed by atoms with van der Waals surface area (Å²) in [4.78, 5) is -0.0130. The molecule has 0 spiro atoms. The molecule has 0 unspecified atom stereocenters. The highest BCUT2D eigenvalue weighted by Crippen LogP contribution is 2.27. The summed E-state index contributed by atoms with van der Waals surface area (Å²) in [5, 5.41) is -0.821. The van der Waals surface area contributed by atoms with Crippen LogP contribution in [-0.2, 0) is 31.9 Å². The Balaban J connectivity index is 3.43. The van der Waals surface area contributed by atoms with E-state index in [1.807, 2.05) is 37.9 Å². The van der Waals surface area contributed by atoms with Gasteiger partial charge in [-0.05, 0) is 48.9 Å². The van der Waals surface area contributed by atoms with Crippen molar-refractivity contribution < 1.29 is 16.8 Å². The molecule has 0 bridgehead atoms. The molecule has 0 aliphatic heterocycles. The number of benzene rings is 1. The van der Waals surface area contributed by atoms with E-state index in [0.717, 1.165) is 11.1 Å². The van der Waals surface area contributed by atoms with E-state index in [1.165, 1.54) is 26.0 Å². The minimum atomic E-state index is -4.12. The van der Waals surface area contributed by atoms with Gasteiger partial charge in [0.1, 0.15) is 0 Å². The molecule has 0 amide bonds. The van der Waals surface area contributed by atoms with Gasteiger partial charge in [0.2, 0.25) is 10.0 Å². The van der Waals surface area contributed by atoms with Gasteiger partial charge in [-0.3, -0.25) is 0 Å². The molecule has 0 aliphatic carbocycles. The molecule has 1 aromatic rings. The third-order valence-electron chi connectivity index (χ3n) is 3.40. The molecule has 0 atom stereocenters. The Morgan fingerprint density at radius 3 is 2.00 bits per heavy atom. The first-order chi connectivity index (χ1) is 9.79. The van der Waals surface area contributed by atoms with E-state index in [1.54, 1.807) is 0 Å². The molecular formula is C15H25NO4S2. The molecule has 0 saturated heterocycles. The van der Waals surface area contributed by atoms with Crippen molar-refractivity contribution in [2.45, 2.75) is 63.5 Å². The minimum Gasteiger partial charge on any atom is -0.211 e. The lowest BCUT2D eigenvalue weighted by atomic mass is 9.86. The molecule has 126 valence electrons. The summed E-state index contributed by atoms with van der Waals surface area (Å²) < 4.78 is 50.4. The minimum absolute atomic E-state index is 0.0130. The quantitative estimate of drug-likeness (QED) is 0.887. The number of hydrogen-bond donors (Lipinski definition) is 1. The van der Waals surface area contributed by atoms with Crippen molar-refractivity contribution in [3.8, 4) is 0 Å². The standard InChI is InChI=1S/C15H25NO4S2/c1-7-12-8-13(15(4,5)6)10-14(9-12)22(19,20)16-21(17,18)11(2)3/h8-11,16H,7H2,1-6H3. The molecule has 1 aromatic carbocycles. The first-order valence-corrected chi connectivity index (χ1v) is 10.2. The molecular weight excluding hydrogens is 322 g/mol. The van der Waals surface area contributed by atoms with Gasteiger partial charge in [-0.2, -0.15) is 0 Å². The van der Waals surface area contributed by atoms with Gasteiger partial charge in [-0.1, -0.05) is 33.8 Å². The molecule has 7 heteroatoms. The van der Waals surface area contributed by atoms with Gasteiger partial charge < -0.3 is 0 Å². The van der Waals surface area contributed by atoms with Crippen LogP contribution in [0.25, 0.3) is 0 Å². The number of aryl methyl sites for hydroxylation is 1. The fourth-order valence-electron chi connectivity index (χ4n) is 1.75. The Labute approximate surface area is 134 Å². The van der Waals surface area contributed by atoms with Gasteiger partial charge in [0.05, 0.1) is 10.1 Å². The number of rotatable bonds is 5. The van der Waals surface area contributed by atoms with Crippen LogP contribution in [0.5, 0.6) is 0 Å². The van der Waals surface area contributed by atoms with Crippen LogP contribution in [0.3, 0.4) is 0 Å². The molecule has 1 rings (SSSR count). The van der Waals surface area contributed by atoms with E-state index in [2.05, 4.69) is 0 Å². The topological polar surface area (TPSA) is 80.3 Å². The van der Waals surface area contributed by atoms with E-state index in [0.29, 0.717) is 6.42 Å². The Kier molecular flexibility index (Phi) is 5.47. The van der Waals surface area contributed by atoms with Gasteiger partial charge in [-0.15, -0.1) is 4.13 Å². The summed E-state index contributed by atoms with van der Waals surface area (Å²) in [7, 11) is -8.03. The van der Waals surface area contributed by atoms with E-state index >= 15 is 0 Å². The fraction of sp³-hybridized carbons (Fsp3) is 0.600. The summed E-state index contributed by atoms with van der Waals surface area (Å²) in [6, 6.07) is 5.01. The maximum Gasteiger partial charge on any atom is 0.253 e. The van der Waals surface area contributed by atoms with Gasteiger partial charge in [-0.25, -0.2) is 16.8 Å². The van der Waals surface area contributed by atoms with Gasteiger partial charge in [0, 0.05) is 0 Å². The summed E-state index contributed by atoms with van der Waals surface area (Å²) >= 11 is 0. The van der Waals surface area contributed by atoms with Crippen LogP contribution in [0.4, 0.5) is 0 Å². The monoisotopic (exact) mass is 347 g/mol. The fourth-order valence-corrected chi connectivity index (χ4v) is 4.72. The molecule has 0 saturated carbocycles. The third kappa shape index (κ3) is 4.54. The second-order valence-electron chi connectivity index (χ2n) is 6.65. The molecule has 5 nitrogen and oxygen atoms in total. The predicted molar refractivity (Wildman–Crippen MR) is 88.9 cm³/mol. The van der Waals surface area contributed by atoms with Crippen molar-refractivity contribution >= 4 is 20.0 Å². The zero-order valence-electron chi connectivity index (χ0n) is 14.0. The highest BCUT2D eigenvalue weighted by Gasteiger charge is 2.27. The van der Waals surface area contributed by atoms with Crippen molar-refractivity contribution in [2.75, 3.05) is 0 Å². The van der Waals surface area contributed by atoms with Crippen molar-refractivity contribution in [1.82, 2.24) is 4.13 Å². The average Bonchev–Trinajstić information content (AvgIpc) is 2.35. The zero-order valence-corrected chi connectivity index (χ0v) is 15.6. The van der Waals surface area contributed by atoms with Crippen LogP contribution >= 0.6 is 0 Å². The Morgan fingerprint density at radius 1 is 1.05 bits per heavy atom. The summed E-state index contributed by atoms with van der Waals surface area (Å²) in [6.07, 6.45) is 0.670. The average molecular weight is 348 g/mol. The van der Waals surface area contributed by atoms with Crippen LogP contribution in [0.15, 0.2) is 23.1 Å². The Bertz CT molecular complexity index is 742. The number of hydrogen-bond acceptors (Lipinski definition) is 4. The van der Waals surface area contributed by atoms with E-state index in [4.69, 9.17) is 0 Å². The first-order valence-electron chi connectivity index (χ1n) is 7.21. The largest absolute Gasteiger partial charge is 0.253 e. The van der Waals surface area contributed by atoms with E-state index in [9.17, 15) is 16.8 Å². The summed E-state index contributed by atoms with van der Waals surface area (Å²) in [5.41, 5.74) is 1.48. The van der Waals surface area contributed by atoms with E-state index < -0.39 is 25.3 Å². The van der Waals surface area contributed by atoms with Crippen LogP contribution < -0.4 is 4.13 Å². The van der Waals surface area contributed by atoms with Crippen LogP contribution in [0.1, 0.15) is 52.7 Å². The van der Waals surface area contributed by atoms with Crippen LogP contribution in [-0.4, -0.2) is 22.1 Å². The van der Waals surface area contributed by atoms with Gasteiger partial charge in [0.25, 0.3) is 10.0 Å². The number of nitrogens with one attached hydrogen (secondary N) is 1. The van der Waals surface area contributed by atoms with Gasteiger partial charge >= 0.3 is 0 Å². The molecule has 0 fully saturated rings. The smallest absolute Gasteiger partial charge is 0.211 e. The maximum absolute atomic E-state index is 12.4. The highest BCUT2D eigenvalue weighted by molar-refractivity contribution is 8.05. The summed E-state index contributed by atoms with van der Waals surface area (Å²) in [6.45, 7) is 10.7. The first kappa shape index (κ1) is 19.1. The van der Waals surface area contributed by atoms with Crippen molar-refractivity contribution in [2.24, 2.45) is 0 Å². The van der Waals surface area contributed by atoms with Crippen LogP contribution in [0.2, 0.25) is 0 Å². The molecule has 0 aliphatic rings. The third-order valence-corrected chi connectivity index (χ3v) is 7.30. The second-order valence-corrected chi connectivity index (χ2v) is 10.8. The zero-order chi connectivity index (χ0) is 17.3. The van der Waals surface area contributed by atoms with Crippen molar-refractivity contribution in [3.63, 3.8) is 0 Å². The van der Waals surface area contributed by atoms with Crippen molar-refractivity contribution in [3.05, 3.63) is 29.3 Å². The molecule has 22 heavy (non-hydrogen) atoms. The van der Waals surface area contributed by atoms with E-state index in [-0.39, 0.29) is 10.3 Å². The Hall–Kier alpha value is -0.920. The lowest BCUT2D eigenvalue weighted by molar-refractivity contribution is 0.569. The lowest BCUT2D eigenvalue weighted by Gasteiger charge is -2.21. The van der Waals surface area contributed by atoms with Crippen molar-refractivity contribution in [1.29, 1.82) is 0 Å². The highest BCUT2D eigenvalue weighted by atomic mass is 32.3. The molecule has 0 radical (unpaired) electrons. The maximum atomic E-state index is 12.4.